The average molecular weight is 456 g/mol. The van der Waals surface area contributed by atoms with Crippen molar-refractivity contribution in [1.82, 2.24) is 14.8 Å². The number of aromatic nitrogens is 1. The monoisotopic (exact) mass is 455 g/mol. The molecule has 0 saturated carbocycles. The minimum absolute atomic E-state index is 0.0772. The quantitative estimate of drug-likeness (QED) is 0.545. The third-order valence-corrected chi connectivity index (χ3v) is 7.32. The van der Waals surface area contributed by atoms with Crippen LogP contribution >= 0.6 is 22.7 Å². The Kier molecular flexibility index (Phi) is 6.99. The number of hydrogen-bond acceptors (Lipinski definition) is 6. The number of benzene rings is 1. The number of hydrogen-bond donors (Lipinski definition) is 0. The van der Waals surface area contributed by atoms with Gasteiger partial charge >= 0.3 is 0 Å². The molecule has 8 heteroatoms. The van der Waals surface area contributed by atoms with E-state index in [1.807, 2.05) is 57.0 Å². The fraction of sp³-hybridized carbons (Fsp3) is 0.348. The number of nitrogens with zero attached hydrogens (tertiary/aromatic N) is 3. The van der Waals surface area contributed by atoms with Crippen LogP contribution in [-0.4, -0.2) is 59.9 Å². The van der Waals surface area contributed by atoms with E-state index in [4.69, 9.17) is 4.74 Å². The van der Waals surface area contributed by atoms with Crippen molar-refractivity contribution in [1.29, 1.82) is 0 Å². The second-order valence-electron chi connectivity index (χ2n) is 7.41. The van der Waals surface area contributed by atoms with Crippen LogP contribution < -0.4 is 4.74 Å². The molecule has 1 aliphatic heterocycles. The van der Waals surface area contributed by atoms with Crippen molar-refractivity contribution in [3.8, 4) is 15.6 Å². The van der Waals surface area contributed by atoms with E-state index in [1.54, 1.807) is 29.8 Å². The molecule has 4 rings (SSSR count). The summed E-state index contributed by atoms with van der Waals surface area (Å²) < 4.78 is 5.16. The maximum absolute atomic E-state index is 12.7. The number of rotatable bonds is 7. The second kappa shape index (κ2) is 10.1. The van der Waals surface area contributed by atoms with Crippen LogP contribution in [0.4, 0.5) is 0 Å². The average Bonchev–Trinajstić information content (AvgIpc) is 3.50. The molecule has 0 aliphatic carbocycles. The van der Waals surface area contributed by atoms with Gasteiger partial charge in [-0.25, -0.2) is 4.98 Å². The Hall–Kier alpha value is -2.71. The maximum atomic E-state index is 12.7. The molecule has 6 nitrogen and oxygen atoms in total. The van der Waals surface area contributed by atoms with Crippen molar-refractivity contribution >= 4 is 34.5 Å². The fourth-order valence-electron chi connectivity index (χ4n) is 3.58. The van der Waals surface area contributed by atoms with Gasteiger partial charge in [0.25, 0.3) is 0 Å². The van der Waals surface area contributed by atoms with Gasteiger partial charge in [0.2, 0.25) is 11.8 Å². The summed E-state index contributed by atoms with van der Waals surface area (Å²) >= 11 is 3.23. The number of thiophene rings is 1. The zero-order chi connectivity index (χ0) is 21.6. The smallest absolute Gasteiger partial charge is 0.228 e. The highest BCUT2D eigenvalue weighted by atomic mass is 32.1. The summed E-state index contributed by atoms with van der Waals surface area (Å²) in [4.78, 5) is 34.7. The van der Waals surface area contributed by atoms with Crippen molar-refractivity contribution in [2.45, 2.75) is 19.3 Å². The van der Waals surface area contributed by atoms with Crippen molar-refractivity contribution < 1.29 is 14.3 Å². The van der Waals surface area contributed by atoms with Gasteiger partial charge in [-0.1, -0.05) is 18.2 Å². The standard InChI is InChI=1S/C23H25N3O3S2/c1-29-19-7-4-17(5-8-19)6-9-21(27)25-10-12-26(13-11-25)22(28)15-18-16-31-23(24-18)20-3-2-14-30-20/h2-5,7-8,14,16H,6,9-13,15H2,1H3. The zero-order valence-electron chi connectivity index (χ0n) is 17.5. The van der Waals surface area contributed by atoms with Gasteiger partial charge in [0.1, 0.15) is 10.8 Å². The van der Waals surface area contributed by atoms with E-state index in [2.05, 4.69) is 4.98 Å². The van der Waals surface area contributed by atoms with E-state index < -0.39 is 0 Å². The Balaban J connectivity index is 1.22. The normalized spacial score (nSPS) is 14.0. The minimum Gasteiger partial charge on any atom is -0.497 e. The van der Waals surface area contributed by atoms with E-state index in [0.717, 1.165) is 26.9 Å². The van der Waals surface area contributed by atoms with Crippen LogP contribution in [-0.2, 0) is 22.4 Å². The molecule has 1 aromatic carbocycles. The van der Waals surface area contributed by atoms with Crippen LogP contribution in [0.3, 0.4) is 0 Å². The van der Waals surface area contributed by atoms with Crippen molar-refractivity contribution in [3.05, 3.63) is 58.4 Å². The molecule has 0 radical (unpaired) electrons. The number of carbonyl (C=O) groups is 2. The van der Waals surface area contributed by atoms with Crippen LogP contribution in [0.1, 0.15) is 17.7 Å². The predicted molar refractivity (Wildman–Crippen MR) is 124 cm³/mol. The number of amides is 2. The number of piperazine rings is 1. The first kappa shape index (κ1) is 21.5. The number of aryl methyl sites for hydroxylation is 1. The van der Waals surface area contributed by atoms with E-state index in [-0.39, 0.29) is 11.8 Å². The second-order valence-corrected chi connectivity index (χ2v) is 9.21. The lowest BCUT2D eigenvalue weighted by Crippen LogP contribution is -2.51. The summed E-state index contributed by atoms with van der Waals surface area (Å²) in [6.07, 6.45) is 1.50. The van der Waals surface area contributed by atoms with Gasteiger partial charge in [0, 0.05) is 38.0 Å². The molecule has 0 N–H and O–H groups in total. The van der Waals surface area contributed by atoms with Crippen molar-refractivity contribution in [2.75, 3.05) is 33.3 Å². The Bertz CT molecular complexity index is 1010. The first-order valence-corrected chi connectivity index (χ1v) is 12.0. The Morgan fingerprint density at radius 2 is 1.71 bits per heavy atom. The molecule has 0 bridgehead atoms. The van der Waals surface area contributed by atoms with Gasteiger partial charge in [-0.3, -0.25) is 9.59 Å². The van der Waals surface area contributed by atoms with E-state index in [0.29, 0.717) is 45.4 Å². The van der Waals surface area contributed by atoms with Gasteiger partial charge in [-0.15, -0.1) is 22.7 Å². The minimum atomic E-state index is 0.0772. The van der Waals surface area contributed by atoms with E-state index in [9.17, 15) is 9.59 Å². The number of methoxy groups -OCH3 is 1. The van der Waals surface area contributed by atoms with Gasteiger partial charge in [0.05, 0.1) is 24.1 Å². The van der Waals surface area contributed by atoms with Crippen molar-refractivity contribution in [3.63, 3.8) is 0 Å². The topological polar surface area (TPSA) is 62.7 Å². The van der Waals surface area contributed by atoms with Gasteiger partial charge in [-0.2, -0.15) is 0 Å². The SMILES string of the molecule is COc1ccc(CCC(=O)N2CCN(C(=O)Cc3csc(-c4cccs4)n3)CC2)cc1. The molecule has 0 spiro atoms. The number of thiazole rings is 1. The molecule has 1 aliphatic rings. The van der Waals surface area contributed by atoms with Gasteiger partial charge in [0.15, 0.2) is 0 Å². The molecule has 31 heavy (non-hydrogen) atoms. The van der Waals surface area contributed by atoms with E-state index >= 15 is 0 Å². The van der Waals surface area contributed by atoms with Crippen LogP contribution in [0, 0.1) is 0 Å². The Labute approximate surface area is 190 Å². The molecular formula is C23H25N3O3S2. The first-order valence-electron chi connectivity index (χ1n) is 10.3. The van der Waals surface area contributed by atoms with Crippen LogP contribution in [0.2, 0.25) is 0 Å². The predicted octanol–water partition coefficient (Wildman–Crippen LogP) is 3.73. The summed E-state index contributed by atoms with van der Waals surface area (Å²) in [5.41, 5.74) is 1.93. The van der Waals surface area contributed by atoms with Crippen LogP contribution in [0.25, 0.3) is 9.88 Å². The Morgan fingerprint density at radius 3 is 2.35 bits per heavy atom. The van der Waals surface area contributed by atoms with Gasteiger partial charge in [-0.05, 0) is 35.6 Å². The lowest BCUT2D eigenvalue weighted by atomic mass is 10.1. The molecular weight excluding hydrogens is 430 g/mol. The first-order chi connectivity index (χ1) is 15.1. The van der Waals surface area contributed by atoms with Gasteiger partial charge < -0.3 is 14.5 Å². The number of ether oxygens (including phenoxy) is 1. The molecule has 162 valence electrons. The van der Waals surface area contributed by atoms with Crippen molar-refractivity contribution in [2.24, 2.45) is 0 Å². The summed E-state index contributed by atoms with van der Waals surface area (Å²) in [5.74, 6) is 1.03. The highest BCUT2D eigenvalue weighted by Gasteiger charge is 2.24. The largest absolute Gasteiger partial charge is 0.497 e. The highest BCUT2D eigenvalue weighted by molar-refractivity contribution is 7.20. The maximum Gasteiger partial charge on any atom is 0.228 e. The third kappa shape index (κ3) is 5.51. The molecule has 1 fully saturated rings. The van der Waals surface area contributed by atoms with E-state index in [1.165, 1.54) is 0 Å². The molecule has 3 heterocycles. The molecule has 0 unspecified atom stereocenters. The van der Waals surface area contributed by atoms with Crippen LogP contribution in [0.15, 0.2) is 47.2 Å². The molecule has 1 saturated heterocycles. The summed E-state index contributed by atoms with van der Waals surface area (Å²) in [6, 6.07) is 11.9. The lowest BCUT2D eigenvalue weighted by molar-refractivity contribution is -0.139. The Morgan fingerprint density at radius 1 is 1.00 bits per heavy atom. The molecule has 0 atom stereocenters. The zero-order valence-corrected chi connectivity index (χ0v) is 19.1. The fourth-order valence-corrected chi connectivity index (χ4v) is 5.21. The number of carbonyl (C=O) groups excluding carboxylic acids is 2. The lowest BCUT2D eigenvalue weighted by Gasteiger charge is -2.34. The molecule has 3 aromatic rings. The van der Waals surface area contributed by atoms with Crippen LogP contribution in [0.5, 0.6) is 5.75 Å². The molecule has 2 amide bonds. The summed E-state index contributed by atoms with van der Waals surface area (Å²) in [6.45, 7) is 2.33. The highest BCUT2D eigenvalue weighted by Crippen LogP contribution is 2.28. The summed E-state index contributed by atoms with van der Waals surface area (Å²) in [7, 11) is 1.64. The third-order valence-electron chi connectivity index (χ3n) is 5.39. The molecule has 2 aromatic heterocycles. The summed E-state index contributed by atoms with van der Waals surface area (Å²) in [5, 5.41) is 4.95.